The smallest absolute Gasteiger partial charge is 0 e. The molecule has 0 aromatic rings. The standard InChI is InChI=1S/2Cu.2Ni. The molecule has 0 saturated carbocycles. The van der Waals surface area contributed by atoms with Crippen LogP contribution in [0.15, 0.2) is 0 Å². The van der Waals surface area contributed by atoms with Gasteiger partial charge in [-0.15, -0.1) is 0 Å². The van der Waals surface area contributed by atoms with Gasteiger partial charge in [-0.05, 0) is 0 Å². The van der Waals surface area contributed by atoms with Crippen LogP contribution in [0.4, 0.5) is 0 Å². The molecule has 4 heavy (non-hydrogen) atoms. The first kappa shape index (κ1) is 37.1. The zero-order valence-corrected chi connectivity index (χ0v) is 5.09. The van der Waals surface area contributed by atoms with Crippen LogP contribution in [0.3, 0.4) is 0 Å². The molecule has 0 aliphatic carbocycles. The van der Waals surface area contributed by atoms with Gasteiger partial charge in [-0.2, -0.15) is 0 Å². The molecule has 0 unspecified atom stereocenters. The molecule has 0 rings (SSSR count). The molecule has 42 valence electrons. The monoisotopic (exact) mass is 242 g/mol. The van der Waals surface area contributed by atoms with Crippen molar-refractivity contribution in [2.24, 2.45) is 0 Å². The average molecular weight is 244 g/mol. The van der Waals surface area contributed by atoms with Crippen LogP contribution in [0.25, 0.3) is 0 Å². The van der Waals surface area contributed by atoms with Gasteiger partial charge < -0.3 is 0 Å². The molecule has 0 aromatic heterocycles. The second kappa shape index (κ2) is 19.8. The Labute approximate surface area is 66.7 Å². The van der Waals surface area contributed by atoms with Crippen molar-refractivity contribution in [2.45, 2.75) is 0 Å². The van der Waals surface area contributed by atoms with E-state index in [-0.39, 0.29) is 67.1 Å². The summed E-state index contributed by atoms with van der Waals surface area (Å²) < 4.78 is 0. The van der Waals surface area contributed by atoms with Crippen molar-refractivity contribution in [1.29, 1.82) is 0 Å². The van der Waals surface area contributed by atoms with Crippen LogP contribution in [0.2, 0.25) is 0 Å². The fourth-order valence-corrected chi connectivity index (χ4v) is 0. The van der Waals surface area contributed by atoms with Crippen molar-refractivity contribution in [3.05, 3.63) is 0 Å². The van der Waals surface area contributed by atoms with E-state index >= 15 is 0 Å². The minimum Gasteiger partial charge on any atom is 0 e. The Kier molecular flexibility index (Phi) is 184. The molecule has 0 atom stereocenters. The third-order valence-corrected chi connectivity index (χ3v) is 0. The number of hydrogen-bond donors (Lipinski definition) is 0. The summed E-state index contributed by atoms with van der Waals surface area (Å²) in [6, 6.07) is 0. The fraction of sp³-hybridized carbons (Fsp3) is 0. The van der Waals surface area contributed by atoms with E-state index in [1.165, 1.54) is 0 Å². The van der Waals surface area contributed by atoms with Crippen LogP contribution in [-0.2, 0) is 67.1 Å². The number of rotatable bonds is 0. The van der Waals surface area contributed by atoms with Gasteiger partial charge in [0.15, 0.2) is 0 Å². The first-order chi connectivity index (χ1) is 0. The average Bonchev–Trinajstić information content (AvgIpc) is 0. The summed E-state index contributed by atoms with van der Waals surface area (Å²) in [5.41, 5.74) is 0. The van der Waals surface area contributed by atoms with Gasteiger partial charge in [0.25, 0.3) is 0 Å². The molecule has 0 amide bonds. The van der Waals surface area contributed by atoms with E-state index in [0.29, 0.717) is 0 Å². The Bertz CT molecular complexity index is 4.00. The van der Waals surface area contributed by atoms with E-state index in [4.69, 9.17) is 0 Å². The third-order valence-electron chi connectivity index (χ3n) is 0. The zero-order valence-electron chi connectivity index (χ0n) is 1.24. The summed E-state index contributed by atoms with van der Waals surface area (Å²) in [5, 5.41) is 0. The Morgan fingerprint density at radius 2 is 0.500 bits per heavy atom. The predicted molar refractivity (Wildman–Crippen MR) is 0 cm³/mol. The van der Waals surface area contributed by atoms with Gasteiger partial charge in [0.05, 0.1) is 0 Å². The van der Waals surface area contributed by atoms with Crippen molar-refractivity contribution < 1.29 is 67.1 Å². The van der Waals surface area contributed by atoms with E-state index in [1.54, 1.807) is 0 Å². The van der Waals surface area contributed by atoms with E-state index in [0.717, 1.165) is 0 Å². The Hall–Kier alpha value is 2.03. The minimum atomic E-state index is 0. The molecule has 0 nitrogen and oxygen atoms in total. The van der Waals surface area contributed by atoms with E-state index in [9.17, 15) is 0 Å². The van der Waals surface area contributed by atoms with Crippen LogP contribution in [-0.4, -0.2) is 0 Å². The Morgan fingerprint density at radius 3 is 0.500 bits per heavy atom. The molecular formula is Cu2Ni2. The van der Waals surface area contributed by atoms with Gasteiger partial charge >= 0.3 is 0 Å². The fourth-order valence-electron chi connectivity index (χ4n) is 0. The first-order valence-corrected chi connectivity index (χ1v) is 0. The maximum Gasteiger partial charge on any atom is 0 e. The van der Waals surface area contributed by atoms with Crippen LogP contribution < -0.4 is 0 Å². The van der Waals surface area contributed by atoms with Crippen molar-refractivity contribution in [3.63, 3.8) is 0 Å². The molecular weight excluding hydrogens is 244 g/mol. The van der Waals surface area contributed by atoms with Gasteiger partial charge in [-0.1, -0.05) is 0 Å². The largest absolute Gasteiger partial charge is 0 e. The minimum absolute atomic E-state index is 0. The first-order valence-electron chi connectivity index (χ1n) is 0. The quantitative estimate of drug-likeness (QED) is 0.526. The second-order valence-corrected chi connectivity index (χ2v) is 0. The van der Waals surface area contributed by atoms with E-state index in [1.807, 2.05) is 0 Å². The van der Waals surface area contributed by atoms with Crippen molar-refractivity contribution >= 4 is 0 Å². The maximum absolute atomic E-state index is 0. The molecule has 2 radical (unpaired) electrons. The molecule has 0 fully saturated rings. The molecule has 0 spiro atoms. The summed E-state index contributed by atoms with van der Waals surface area (Å²) in [6.07, 6.45) is 0. The van der Waals surface area contributed by atoms with Gasteiger partial charge in [-0.3, -0.25) is 0 Å². The van der Waals surface area contributed by atoms with Gasteiger partial charge in [0, 0.05) is 67.1 Å². The summed E-state index contributed by atoms with van der Waals surface area (Å²) in [5.74, 6) is 0. The van der Waals surface area contributed by atoms with Crippen LogP contribution >= 0.6 is 0 Å². The third kappa shape index (κ3) is 8.98. The topological polar surface area (TPSA) is 0 Å². The van der Waals surface area contributed by atoms with Gasteiger partial charge in [-0.25, -0.2) is 0 Å². The molecule has 0 aliphatic heterocycles. The molecule has 4 heteroatoms. The summed E-state index contributed by atoms with van der Waals surface area (Å²) in [6.45, 7) is 0. The molecule has 0 aromatic carbocycles. The predicted octanol–water partition coefficient (Wildman–Crippen LogP) is -0.0100. The summed E-state index contributed by atoms with van der Waals surface area (Å²) in [7, 11) is 0. The van der Waals surface area contributed by atoms with Crippen LogP contribution in [0.1, 0.15) is 0 Å². The van der Waals surface area contributed by atoms with Crippen LogP contribution in [0, 0.1) is 0 Å². The maximum atomic E-state index is 0. The molecule has 0 bridgehead atoms. The summed E-state index contributed by atoms with van der Waals surface area (Å²) >= 11 is 0. The second-order valence-electron chi connectivity index (χ2n) is 0. The molecule has 0 aliphatic rings. The van der Waals surface area contributed by atoms with Crippen molar-refractivity contribution in [3.8, 4) is 0 Å². The van der Waals surface area contributed by atoms with Gasteiger partial charge in [0.1, 0.15) is 0 Å². The molecule has 0 N–H and O–H groups in total. The molecule has 0 heterocycles. The van der Waals surface area contributed by atoms with Crippen molar-refractivity contribution in [2.75, 3.05) is 0 Å². The Morgan fingerprint density at radius 1 is 0.500 bits per heavy atom. The van der Waals surface area contributed by atoms with Crippen molar-refractivity contribution in [1.82, 2.24) is 0 Å². The number of hydrogen-bond acceptors (Lipinski definition) is 0. The zero-order chi connectivity index (χ0) is 0. The van der Waals surface area contributed by atoms with E-state index < -0.39 is 0 Å². The van der Waals surface area contributed by atoms with Crippen LogP contribution in [0.5, 0.6) is 0 Å². The normalized spacial score (nSPS) is 0. The SMILES string of the molecule is [Cu].[Cu].[Ni].[Ni]. The van der Waals surface area contributed by atoms with E-state index in [2.05, 4.69) is 0 Å². The Balaban J connectivity index is 0. The summed E-state index contributed by atoms with van der Waals surface area (Å²) in [4.78, 5) is 0. The molecule has 0 saturated heterocycles. The van der Waals surface area contributed by atoms with Gasteiger partial charge in [0.2, 0.25) is 0 Å².